The van der Waals surface area contributed by atoms with Gasteiger partial charge in [0, 0.05) is 27.1 Å². The highest BCUT2D eigenvalue weighted by Gasteiger charge is 2.42. The average Bonchev–Trinajstić information content (AvgIpc) is 3.90. The maximum Gasteiger partial charge on any atom is 0.240 e. The summed E-state index contributed by atoms with van der Waals surface area (Å²) in [6.45, 7) is 0. The Bertz CT molecular complexity index is 3700. The third kappa shape index (κ3) is 6.19. The molecule has 0 aliphatic rings. The lowest BCUT2D eigenvalue weighted by Gasteiger charge is -2.35. The standard InChI is InChI=1S/C58H38N6Si/c59-39-40-34-35-55-51(36-40)50-30-12-15-33-54(50)64(55)58-61-56(60-57(62-58)63-52-31-13-10-28-48(52)49-29-11-14-32-53(49)63)43-21-17-27-47(38-43)65(44-22-6-2-7-23-44,45-24-8-3-9-25-45)46-26-16-20-42(37-46)41-18-4-1-5-19-41/h1-38H. The lowest BCUT2D eigenvalue weighted by molar-refractivity contribution is 0.893. The molecule has 304 valence electrons. The summed E-state index contributed by atoms with van der Waals surface area (Å²) in [4.78, 5) is 16.3. The summed E-state index contributed by atoms with van der Waals surface area (Å²) in [5, 5.41) is 19.2. The van der Waals surface area contributed by atoms with Crippen molar-refractivity contribution >= 4 is 72.4 Å². The monoisotopic (exact) mass is 846 g/mol. The van der Waals surface area contributed by atoms with E-state index in [0.29, 0.717) is 23.3 Å². The fourth-order valence-corrected chi connectivity index (χ4v) is 14.7. The van der Waals surface area contributed by atoms with Gasteiger partial charge in [-0.1, -0.05) is 194 Å². The van der Waals surface area contributed by atoms with E-state index >= 15 is 0 Å². The van der Waals surface area contributed by atoms with E-state index in [1.54, 1.807) is 0 Å². The van der Waals surface area contributed by atoms with Crippen molar-refractivity contribution in [2.75, 3.05) is 0 Å². The Kier molecular flexibility index (Phi) is 9.11. The molecule has 9 aromatic carbocycles. The second-order valence-corrected chi connectivity index (χ2v) is 20.1. The number of hydrogen-bond acceptors (Lipinski definition) is 4. The molecular weight excluding hydrogens is 809 g/mol. The molecule has 12 rings (SSSR count). The SMILES string of the molecule is N#Cc1ccc2c(c1)c1ccccc1n2-c1nc(-c2cccc([Si](c3ccccc3)(c3ccccc3)c3cccc(-c4ccccc4)c3)c2)nc(-n2c3ccccc3c3ccccc32)n1. The number of benzene rings is 9. The van der Waals surface area contributed by atoms with E-state index in [2.05, 4.69) is 215 Å². The first kappa shape index (κ1) is 38.0. The molecular formula is C58H38N6Si. The topological polar surface area (TPSA) is 72.3 Å². The van der Waals surface area contributed by atoms with Crippen LogP contribution in [0.4, 0.5) is 0 Å². The van der Waals surface area contributed by atoms with Crippen LogP contribution in [0.25, 0.3) is 78.0 Å². The number of aromatic nitrogens is 5. The molecule has 0 bridgehead atoms. The molecule has 6 nitrogen and oxygen atoms in total. The molecule has 0 unspecified atom stereocenters. The zero-order valence-corrected chi connectivity index (χ0v) is 36.1. The maximum atomic E-state index is 9.94. The highest BCUT2D eigenvalue weighted by atomic mass is 28.3. The van der Waals surface area contributed by atoms with E-state index in [9.17, 15) is 5.26 Å². The van der Waals surface area contributed by atoms with Gasteiger partial charge in [-0.15, -0.1) is 0 Å². The van der Waals surface area contributed by atoms with Gasteiger partial charge in [0.1, 0.15) is 0 Å². The average molecular weight is 847 g/mol. The van der Waals surface area contributed by atoms with Crippen molar-refractivity contribution in [1.29, 1.82) is 5.26 Å². The Hall–Kier alpha value is -8.70. The summed E-state index contributed by atoms with van der Waals surface area (Å²) in [6.07, 6.45) is 0. The molecule has 12 aromatic rings. The summed E-state index contributed by atoms with van der Waals surface area (Å²) >= 11 is 0. The van der Waals surface area contributed by atoms with Gasteiger partial charge in [0.2, 0.25) is 11.9 Å². The van der Waals surface area contributed by atoms with E-state index in [4.69, 9.17) is 15.0 Å². The third-order valence-corrected chi connectivity index (χ3v) is 17.5. The van der Waals surface area contributed by atoms with Crippen LogP contribution in [-0.4, -0.2) is 32.2 Å². The number of para-hydroxylation sites is 3. The molecule has 65 heavy (non-hydrogen) atoms. The van der Waals surface area contributed by atoms with Crippen molar-refractivity contribution in [3.63, 3.8) is 0 Å². The van der Waals surface area contributed by atoms with Crippen molar-refractivity contribution < 1.29 is 0 Å². The quantitative estimate of drug-likeness (QED) is 0.113. The minimum atomic E-state index is -3.02. The molecule has 0 radical (unpaired) electrons. The fraction of sp³-hybridized carbons (Fsp3) is 0. The molecule has 0 saturated heterocycles. The molecule has 0 aliphatic carbocycles. The van der Waals surface area contributed by atoms with E-state index in [1.807, 2.05) is 30.3 Å². The smallest absolute Gasteiger partial charge is 0.240 e. The van der Waals surface area contributed by atoms with Gasteiger partial charge in [0.15, 0.2) is 13.9 Å². The Morgan fingerprint density at radius 2 is 0.754 bits per heavy atom. The van der Waals surface area contributed by atoms with Crippen molar-refractivity contribution in [2.24, 2.45) is 0 Å². The summed E-state index contributed by atoms with van der Waals surface area (Å²) < 4.78 is 4.27. The number of nitrogens with zero attached hydrogens (tertiary/aromatic N) is 6. The van der Waals surface area contributed by atoms with Crippen LogP contribution in [-0.2, 0) is 0 Å². The molecule has 0 saturated carbocycles. The van der Waals surface area contributed by atoms with Crippen LogP contribution < -0.4 is 20.7 Å². The Morgan fingerprint density at radius 3 is 1.29 bits per heavy atom. The first-order valence-electron chi connectivity index (χ1n) is 21.8. The van der Waals surface area contributed by atoms with Gasteiger partial charge in [-0.3, -0.25) is 9.13 Å². The second-order valence-electron chi connectivity index (χ2n) is 16.3. The van der Waals surface area contributed by atoms with Gasteiger partial charge in [-0.2, -0.15) is 20.2 Å². The normalized spacial score (nSPS) is 11.7. The van der Waals surface area contributed by atoms with Crippen LogP contribution in [0, 0.1) is 11.3 Å². The lowest BCUT2D eigenvalue weighted by atomic mass is 10.1. The maximum absolute atomic E-state index is 9.94. The molecule has 0 aliphatic heterocycles. The Balaban J connectivity index is 1.15. The highest BCUT2D eigenvalue weighted by molar-refractivity contribution is 7.20. The zero-order chi connectivity index (χ0) is 43.3. The van der Waals surface area contributed by atoms with E-state index in [1.165, 1.54) is 31.9 Å². The molecule has 3 heterocycles. The summed E-state index contributed by atoms with van der Waals surface area (Å²) in [7, 11) is -3.02. The van der Waals surface area contributed by atoms with Crippen LogP contribution in [0.5, 0.6) is 0 Å². The van der Waals surface area contributed by atoms with E-state index in [0.717, 1.165) is 49.2 Å². The van der Waals surface area contributed by atoms with Crippen LogP contribution in [0.2, 0.25) is 0 Å². The van der Waals surface area contributed by atoms with Crippen molar-refractivity contribution in [3.8, 4) is 40.5 Å². The summed E-state index contributed by atoms with van der Waals surface area (Å²) in [5.74, 6) is 1.55. The van der Waals surface area contributed by atoms with Crippen LogP contribution >= 0.6 is 0 Å². The first-order valence-corrected chi connectivity index (χ1v) is 23.8. The van der Waals surface area contributed by atoms with Crippen molar-refractivity contribution in [1.82, 2.24) is 24.1 Å². The third-order valence-electron chi connectivity index (χ3n) is 12.8. The number of fused-ring (bicyclic) bond motifs is 6. The second kappa shape index (κ2) is 15.6. The van der Waals surface area contributed by atoms with Crippen molar-refractivity contribution in [2.45, 2.75) is 0 Å². The molecule has 0 amide bonds. The fourth-order valence-electron chi connectivity index (χ4n) is 9.91. The molecule has 0 N–H and O–H groups in total. The predicted molar refractivity (Wildman–Crippen MR) is 268 cm³/mol. The highest BCUT2D eigenvalue weighted by Crippen LogP contribution is 2.35. The minimum absolute atomic E-state index is 0.485. The Morgan fingerprint density at radius 1 is 0.338 bits per heavy atom. The number of hydrogen-bond donors (Lipinski definition) is 0. The van der Waals surface area contributed by atoms with Gasteiger partial charge < -0.3 is 0 Å². The van der Waals surface area contributed by atoms with Crippen LogP contribution in [0.1, 0.15) is 5.56 Å². The largest absolute Gasteiger partial charge is 0.278 e. The first-order chi connectivity index (χ1) is 32.2. The molecule has 0 spiro atoms. The van der Waals surface area contributed by atoms with Gasteiger partial charge in [-0.25, -0.2) is 0 Å². The van der Waals surface area contributed by atoms with E-state index in [-0.39, 0.29) is 0 Å². The minimum Gasteiger partial charge on any atom is -0.278 e. The molecule has 0 fully saturated rings. The summed E-state index contributed by atoms with van der Waals surface area (Å²) in [6, 6.07) is 83.9. The summed E-state index contributed by atoms with van der Waals surface area (Å²) in [5.41, 5.74) is 7.68. The molecule has 3 aromatic heterocycles. The molecule has 7 heteroatoms. The van der Waals surface area contributed by atoms with Crippen LogP contribution in [0.3, 0.4) is 0 Å². The predicted octanol–water partition coefficient (Wildman–Crippen LogP) is 10.6. The van der Waals surface area contributed by atoms with Crippen LogP contribution in [0.15, 0.2) is 231 Å². The molecule has 0 atom stereocenters. The zero-order valence-electron chi connectivity index (χ0n) is 35.1. The number of nitriles is 1. The van der Waals surface area contributed by atoms with Gasteiger partial charge in [0.25, 0.3) is 0 Å². The van der Waals surface area contributed by atoms with Gasteiger partial charge in [-0.05, 0) is 68.3 Å². The van der Waals surface area contributed by atoms with Crippen molar-refractivity contribution in [3.05, 3.63) is 236 Å². The number of rotatable bonds is 8. The van der Waals surface area contributed by atoms with E-state index < -0.39 is 8.07 Å². The van der Waals surface area contributed by atoms with Gasteiger partial charge in [0.05, 0.1) is 33.7 Å². The Labute approximate surface area is 376 Å². The van der Waals surface area contributed by atoms with Gasteiger partial charge >= 0.3 is 0 Å². The lowest BCUT2D eigenvalue weighted by Crippen LogP contribution is -2.74.